The van der Waals surface area contributed by atoms with E-state index in [-0.39, 0.29) is 12.0 Å². The van der Waals surface area contributed by atoms with Gasteiger partial charge in [0.05, 0.1) is 24.0 Å². The van der Waals surface area contributed by atoms with Crippen molar-refractivity contribution in [2.24, 2.45) is 0 Å². The number of likely N-dealkylation sites (tertiary alicyclic amines) is 1. The molecule has 0 bridgehead atoms. The third kappa shape index (κ3) is 3.92. The molecular formula is C13H16ClN3O2. The molecule has 6 heteroatoms. The first-order chi connectivity index (χ1) is 9.19. The molecule has 2 heterocycles. The maximum Gasteiger partial charge on any atom is 0.316 e. The third-order valence-electron chi connectivity index (χ3n) is 2.93. The second-order valence-corrected chi connectivity index (χ2v) is 4.82. The van der Waals surface area contributed by atoms with Crippen LogP contribution in [0.2, 0.25) is 5.02 Å². The minimum absolute atomic E-state index is 0.0474. The number of carbonyl (C=O) groups is 1. The summed E-state index contributed by atoms with van der Waals surface area (Å²) < 4.78 is 5.62. The first-order valence-corrected chi connectivity index (χ1v) is 6.59. The van der Waals surface area contributed by atoms with Crippen molar-refractivity contribution in [3.8, 4) is 6.01 Å². The Bertz CT molecular complexity index is 450. The number of hydrogen-bond acceptors (Lipinski definition) is 4. The molecule has 1 aliphatic heterocycles. The summed E-state index contributed by atoms with van der Waals surface area (Å²) in [4.78, 5) is 21.6. The van der Waals surface area contributed by atoms with Gasteiger partial charge in [0.1, 0.15) is 6.10 Å². The lowest BCUT2D eigenvalue weighted by molar-refractivity contribution is -0.130. The molecule has 0 aromatic carbocycles. The van der Waals surface area contributed by atoms with Gasteiger partial charge in [0.25, 0.3) is 0 Å². The molecule has 1 aromatic rings. The zero-order chi connectivity index (χ0) is 13.7. The van der Waals surface area contributed by atoms with Crippen LogP contribution in [0.5, 0.6) is 6.01 Å². The van der Waals surface area contributed by atoms with E-state index in [0.717, 1.165) is 6.42 Å². The number of ether oxygens (including phenoxy) is 1. The Kier molecular flexibility index (Phi) is 4.74. The highest BCUT2D eigenvalue weighted by atomic mass is 35.5. The number of amides is 1. The van der Waals surface area contributed by atoms with Crippen molar-refractivity contribution < 1.29 is 9.53 Å². The van der Waals surface area contributed by atoms with Gasteiger partial charge in [0.2, 0.25) is 5.91 Å². The normalized spacial score (nSPS) is 18.4. The largest absolute Gasteiger partial charge is 0.458 e. The van der Waals surface area contributed by atoms with E-state index < -0.39 is 0 Å². The molecule has 0 saturated carbocycles. The predicted molar refractivity (Wildman–Crippen MR) is 72.1 cm³/mol. The summed E-state index contributed by atoms with van der Waals surface area (Å²) in [5, 5.41) is 0.472. The molecule has 1 aliphatic rings. The van der Waals surface area contributed by atoms with Crippen molar-refractivity contribution in [2.75, 3.05) is 13.1 Å². The Balaban J connectivity index is 1.83. The number of aromatic nitrogens is 2. The predicted octanol–water partition coefficient (Wildman–Crippen LogP) is 2.08. The number of nitrogens with zero attached hydrogens (tertiary/aromatic N) is 3. The van der Waals surface area contributed by atoms with E-state index in [1.165, 1.54) is 12.4 Å². The van der Waals surface area contributed by atoms with Crippen LogP contribution < -0.4 is 4.74 Å². The van der Waals surface area contributed by atoms with Crippen molar-refractivity contribution in [3.63, 3.8) is 0 Å². The van der Waals surface area contributed by atoms with Crippen molar-refractivity contribution in [2.45, 2.75) is 25.4 Å². The monoisotopic (exact) mass is 281 g/mol. The number of allylic oxidation sites excluding steroid dienone is 1. The highest BCUT2D eigenvalue weighted by Gasteiger charge is 2.27. The fourth-order valence-corrected chi connectivity index (χ4v) is 2.04. The summed E-state index contributed by atoms with van der Waals surface area (Å²) in [5.74, 6) is 0.142. The van der Waals surface area contributed by atoms with Gasteiger partial charge in [-0.25, -0.2) is 9.97 Å². The Morgan fingerprint density at radius 2 is 2.32 bits per heavy atom. The summed E-state index contributed by atoms with van der Waals surface area (Å²) in [6, 6.07) is 0.301. The van der Waals surface area contributed by atoms with Gasteiger partial charge in [0, 0.05) is 19.4 Å². The highest BCUT2D eigenvalue weighted by Crippen LogP contribution is 2.17. The van der Waals surface area contributed by atoms with E-state index in [9.17, 15) is 4.79 Å². The van der Waals surface area contributed by atoms with Crippen LogP contribution in [0.4, 0.5) is 0 Å². The van der Waals surface area contributed by atoms with E-state index in [1.54, 1.807) is 6.08 Å². The number of hydrogen-bond donors (Lipinski definition) is 0. The Labute approximate surface area is 117 Å². The third-order valence-corrected chi connectivity index (χ3v) is 3.12. The van der Waals surface area contributed by atoms with Crippen LogP contribution in [-0.2, 0) is 4.79 Å². The maximum absolute atomic E-state index is 11.8. The Hall–Kier alpha value is -1.62. The molecule has 5 nitrogen and oxygen atoms in total. The molecule has 1 amide bonds. The lowest BCUT2D eigenvalue weighted by atomic mass is 10.3. The smallest absolute Gasteiger partial charge is 0.316 e. The molecule has 0 spiro atoms. The van der Waals surface area contributed by atoms with Gasteiger partial charge < -0.3 is 9.64 Å². The first-order valence-electron chi connectivity index (χ1n) is 6.22. The van der Waals surface area contributed by atoms with Gasteiger partial charge >= 0.3 is 6.01 Å². The zero-order valence-electron chi connectivity index (χ0n) is 10.6. The van der Waals surface area contributed by atoms with Crippen LogP contribution in [0.25, 0.3) is 0 Å². The van der Waals surface area contributed by atoms with E-state index in [1.807, 2.05) is 4.90 Å². The fourth-order valence-electron chi connectivity index (χ4n) is 1.94. The average Bonchev–Trinajstić information content (AvgIpc) is 2.87. The molecule has 0 aliphatic carbocycles. The van der Waals surface area contributed by atoms with Gasteiger partial charge in [-0.1, -0.05) is 17.7 Å². The molecule has 0 radical (unpaired) electrons. The van der Waals surface area contributed by atoms with Crippen LogP contribution in [0.1, 0.15) is 19.3 Å². The second kappa shape index (κ2) is 6.52. The molecule has 1 saturated heterocycles. The SMILES string of the molecule is C=CCCC(=O)N1CC[C@H](Oc2ncc(Cl)cn2)C1. The summed E-state index contributed by atoms with van der Waals surface area (Å²) in [7, 11) is 0. The average molecular weight is 282 g/mol. The fraction of sp³-hybridized carbons (Fsp3) is 0.462. The van der Waals surface area contributed by atoms with Crippen LogP contribution in [0, 0.1) is 0 Å². The summed E-state index contributed by atoms with van der Waals surface area (Å²) in [6.45, 7) is 4.92. The molecule has 1 atom stereocenters. The lowest BCUT2D eigenvalue weighted by Crippen LogP contribution is -2.30. The Morgan fingerprint density at radius 1 is 1.58 bits per heavy atom. The van der Waals surface area contributed by atoms with Crippen molar-refractivity contribution >= 4 is 17.5 Å². The van der Waals surface area contributed by atoms with E-state index in [0.29, 0.717) is 37.0 Å². The van der Waals surface area contributed by atoms with Crippen LogP contribution >= 0.6 is 11.6 Å². The van der Waals surface area contributed by atoms with Gasteiger partial charge in [-0.15, -0.1) is 6.58 Å². The number of carbonyl (C=O) groups excluding carboxylic acids is 1. The highest BCUT2D eigenvalue weighted by molar-refractivity contribution is 6.30. The van der Waals surface area contributed by atoms with Crippen LogP contribution in [-0.4, -0.2) is 40.0 Å². The summed E-state index contributed by atoms with van der Waals surface area (Å²) in [6.07, 6.45) is 6.70. The van der Waals surface area contributed by atoms with E-state index in [4.69, 9.17) is 16.3 Å². The van der Waals surface area contributed by atoms with E-state index in [2.05, 4.69) is 16.5 Å². The van der Waals surface area contributed by atoms with Crippen molar-refractivity contribution in [1.29, 1.82) is 0 Å². The molecular weight excluding hydrogens is 266 g/mol. The van der Waals surface area contributed by atoms with Gasteiger partial charge in [-0.2, -0.15) is 0 Å². The van der Waals surface area contributed by atoms with Gasteiger partial charge in [-0.05, 0) is 6.42 Å². The second-order valence-electron chi connectivity index (χ2n) is 4.38. The minimum atomic E-state index is -0.0474. The van der Waals surface area contributed by atoms with Crippen molar-refractivity contribution in [1.82, 2.24) is 14.9 Å². The minimum Gasteiger partial charge on any atom is -0.458 e. The van der Waals surface area contributed by atoms with Crippen LogP contribution in [0.3, 0.4) is 0 Å². The standard InChI is InChI=1S/C13H16ClN3O2/c1-2-3-4-12(18)17-6-5-11(9-17)19-13-15-7-10(14)8-16-13/h2,7-8,11H,1,3-6,9H2/t11-/m0/s1. The van der Waals surface area contributed by atoms with Crippen LogP contribution in [0.15, 0.2) is 25.0 Å². The lowest BCUT2D eigenvalue weighted by Gasteiger charge is -2.16. The molecule has 1 aromatic heterocycles. The molecule has 19 heavy (non-hydrogen) atoms. The number of rotatable bonds is 5. The van der Waals surface area contributed by atoms with Gasteiger partial charge in [-0.3, -0.25) is 4.79 Å². The molecule has 0 unspecified atom stereocenters. The maximum atomic E-state index is 11.8. The summed E-state index contributed by atoms with van der Waals surface area (Å²) >= 11 is 5.70. The van der Waals surface area contributed by atoms with Crippen molar-refractivity contribution in [3.05, 3.63) is 30.1 Å². The molecule has 2 rings (SSSR count). The molecule has 1 fully saturated rings. The van der Waals surface area contributed by atoms with E-state index >= 15 is 0 Å². The summed E-state index contributed by atoms with van der Waals surface area (Å²) in [5.41, 5.74) is 0. The topological polar surface area (TPSA) is 55.3 Å². The number of halogens is 1. The Morgan fingerprint density at radius 3 is 3.00 bits per heavy atom. The molecule has 0 N–H and O–H groups in total. The first kappa shape index (κ1) is 13.8. The quantitative estimate of drug-likeness (QED) is 0.776. The zero-order valence-corrected chi connectivity index (χ0v) is 11.3. The molecule has 102 valence electrons. The van der Waals surface area contributed by atoms with Gasteiger partial charge in [0.15, 0.2) is 0 Å².